The van der Waals surface area contributed by atoms with Crippen LogP contribution in [0, 0.1) is 5.41 Å². The standard InChI is InChI=1S/C32H39F3N6O4/c1-29(2,3)45-28(43)40-19-15-31(16-20-40)21-24(30(4)14-6-5-9-25(30)44-31)22-10-12-23(13-11-22)26-37-39-41(38-26)18-8-7-17-36-27(42)32(33,34)35/h5-6,9-13,21H,7-8,14-20H2,1-4H3,(H,36,42). The van der Waals surface area contributed by atoms with E-state index in [1.807, 2.05) is 62.5 Å². The molecule has 1 aliphatic carbocycles. The molecule has 3 heterocycles. The average molecular weight is 629 g/mol. The van der Waals surface area contributed by atoms with E-state index in [0.717, 1.165) is 28.9 Å². The fourth-order valence-corrected chi connectivity index (χ4v) is 5.78. The van der Waals surface area contributed by atoms with Crippen LogP contribution in [0.2, 0.25) is 0 Å². The Bertz CT molecular complexity index is 1500. The van der Waals surface area contributed by atoms with Gasteiger partial charge in [0.25, 0.3) is 0 Å². The van der Waals surface area contributed by atoms with Gasteiger partial charge in [-0.1, -0.05) is 36.4 Å². The van der Waals surface area contributed by atoms with Gasteiger partial charge in [-0.05, 0) is 75.5 Å². The normalized spacial score (nSPS) is 21.0. The number of ether oxygens (including phenoxy) is 2. The first-order valence-corrected chi connectivity index (χ1v) is 15.2. The number of tetrazole rings is 1. The Morgan fingerprint density at radius 1 is 1.07 bits per heavy atom. The summed E-state index contributed by atoms with van der Waals surface area (Å²) in [6.07, 6.45) is 6.17. The van der Waals surface area contributed by atoms with Crippen LogP contribution in [0.1, 0.15) is 65.4 Å². The van der Waals surface area contributed by atoms with Gasteiger partial charge in [0.15, 0.2) is 0 Å². The Morgan fingerprint density at radius 3 is 2.42 bits per heavy atom. The zero-order valence-corrected chi connectivity index (χ0v) is 26.0. The third kappa shape index (κ3) is 7.39. The summed E-state index contributed by atoms with van der Waals surface area (Å²) in [5, 5.41) is 14.5. The van der Waals surface area contributed by atoms with E-state index < -0.39 is 23.3 Å². The highest BCUT2D eigenvalue weighted by Gasteiger charge is 2.48. The number of amides is 2. The SMILES string of the molecule is CC(C)(C)OC(=O)N1CCC2(C=C(c3ccc(-c4nnn(CCCCNC(=O)C(F)(F)F)n4)cc3)C3(C)CC=CC=C3O2)CC1. The first-order chi connectivity index (χ1) is 21.2. The van der Waals surface area contributed by atoms with Gasteiger partial charge in [-0.2, -0.15) is 18.0 Å². The number of aromatic nitrogens is 4. The van der Waals surface area contributed by atoms with Gasteiger partial charge in [-0.25, -0.2) is 4.79 Å². The van der Waals surface area contributed by atoms with Gasteiger partial charge in [0.2, 0.25) is 5.82 Å². The molecule has 242 valence electrons. The number of hydrogen-bond acceptors (Lipinski definition) is 7. The molecule has 1 spiro atoms. The molecule has 45 heavy (non-hydrogen) atoms. The van der Waals surface area contributed by atoms with Crippen molar-refractivity contribution < 1.29 is 32.2 Å². The van der Waals surface area contributed by atoms with E-state index in [1.54, 1.807) is 4.90 Å². The second-order valence-electron chi connectivity index (χ2n) is 12.9. The Hall–Kier alpha value is -4.16. The number of fused-ring (bicyclic) bond motifs is 1. The minimum atomic E-state index is -4.88. The van der Waals surface area contributed by atoms with Crippen molar-refractivity contribution in [2.75, 3.05) is 19.6 Å². The Labute approximate surface area is 260 Å². The van der Waals surface area contributed by atoms with Crippen LogP contribution in [0.25, 0.3) is 17.0 Å². The Kier molecular flexibility index (Phi) is 8.83. The number of hydrogen-bond donors (Lipinski definition) is 1. The van der Waals surface area contributed by atoms with E-state index in [-0.39, 0.29) is 18.1 Å². The quantitative estimate of drug-likeness (QED) is 0.384. The van der Waals surface area contributed by atoms with Crippen molar-refractivity contribution in [1.82, 2.24) is 30.4 Å². The van der Waals surface area contributed by atoms with Crippen LogP contribution in [-0.2, 0) is 20.8 Å². The maximum absolute atomic E-state index is 12.7. The lowest BCUT2D eigenvalue weighted by molar-refractivity contribution is -0.173. The fourth-order valence-electron chi connectivity index (χ4n) is 5.78. The summed E-state index contributed by atoms with van der Waals surface area (Å²) >= 11 is 0. The topological polar surface area (TPSA) is 111 Å². The monoisotopic (exact) mass is 628 g/mol. The van der Waals surface area contributed by atoms with E-state index in [9.17, 15) is 22.8 Å². The summed E-state index contributed by atoms with van der Waals surface area (Å²) in [6.45, 7) is 9.10. The number of nitrogens with zero attached hydrogens (tertiary/aromatic N) is 5. The molecule has 1 saturated heterocycles. The maximum Gasteiger partial charge on any atom is 0.471 e. The van der Waals surface area contributed by atoms with Crippen LogP contribution in [0.4, 0.5) is 18.0 Å². The molecule has 10 nitrogen and oxygen atoms in total. The Morgan fingerprint density at radius 2 is 1.76 bits per heavy atom. The molecule has 2 aromatic rings. The van der Waals surface area contributed by atoms with E-state index in [0.29, 0.717) is 51.1 Å². The highest BCUT2D eigenvalue weighted by molar-refractivity contribution is 5.81. The number of rotatable bonds is 7. The summed E-state index contributed by atoms with van der Waals surface area (Å²) in [6, 6.07) is 7.98. The Balaban J connectivity index is 1.27. The van der Waals surface area contributed by atoms with E-state index >= 15 is 0 Å². The second kappa shape index (κ2) is 12.3. The fraction of sp³-hybridized carbons (Fsp3) is 0.531. The van der Waals surface area contributed by atoms with Gasteiger partial charge in [-0.3, -0.25) is 4.79 Å². The van der Waals surface area contributed by atoms with Crippen molar-refractivity contribution in [3.8, 4) is 11.4 Å². The van der Waals surface area contributed by atoms with Gasteiger partial charge in [0.1, 0.15) is 17.0 Å². The van der Waals surface area contributed by atoms with Gasteiger partial charge in [-0.15, -0.1) is 10.2 Å². The molecule has 1 unspecified atom stereocenters. The van der Waals surface area contributed by atoms with Crippen LogP contribution in [-0.4, -0.2) is 74.1 Å². The van der Waals surface area contributed by atoms with Crippen LogP contribution >= 0.6 is 0 Å². The molecule has 1 aromatic heterocycles. The number of nitrogens with one attached hydrogen (secondary N) is 1. The minimum absolute atomic E-state index is 0.0862. The number of unbranched alkanes of at least 4 members (excludes halogenated alkanes) is 1. The van der Waals surface area contributed by atoms with Crippen molar-refractivity contribution >= 4 is 17.6 Å². The van der Waals surface area contributed by atoms with Gasteiger partial charge < -0.3 is 19.7 Å². The highest BCUT2D eigenvalue weighted by atomic mass is 19.4. The number of piperidine rings is 1. The molecule has 1 aromatic carbocycles. The van der Waals surface area contributed by atoms with Gasteiger partial charge >= 0.3 is 18.2 Å². The molecule has 5 rings (SSSR count). The maximum atomic E-state index is 12.7. The number of aryl methyl sites for hydroxylation is 1. The smallest absolute Gasteiger partial charge is 0.471 e. The van der Waals surface area contributed by atoms with Crippen LogP contribution in [0.3, 0.4) is 0 Å². The van der Waals surface area contributed by atoms with Crippen LogP contribution < -0.4 is 5.32 Å². The number of benzene rings is 1. The lowest BCUT2D eigenvalue weighted by Gasteiger charge is -2.49. The first-order valence-electron chi connectivity index (χ1n) is 15.2. The van der Waals surface area contributed by atoms with E-state index in [1.165, 1.54) is 4.80 Å². The van der Waals surface area contributed by atoms with Gasteiger partial charge in [0.05, 0.1) is 12.0 Å². The molecule has 3 aliphatic rings. The minimum Gasteiger partial charge on any atom is -0.486 e. The second-order valence-corrected chi connectivity index (χ2v) is 12.9. The number of halogens is 3. The predicted molar refractivity (Wildman–Crippen MR) is 160 cm³/mol. The first kappa shape index (κ1) is 32.2. The van der Waals surface area contributed by atoms with E-state index in [2.05, 4.69) is 34.5 Å². The van der Waals surface area contributed by atoms with Crippen molar-refractivity contribution in [3.05, 3.63) is 59.9 Å². The molecular weight excluding hydrogens is 589 g/mol. The summed E-state index contributed by atoms with van der Waals surface area (Å²) < 4.78 is 49.2. The highest BCUT2D eigenvalue weighted by Crippen LogP contribution is 2.54. The zero-order chi connectivity index (χ0) is 32.5. The summed E-state index contributed by atoms with van der Waals surface area (Å²) in [4.78, 5) is 26.8. The molecule has 1 atom stereocenters. The number of carbonyl (C=O) groups is 2. The molecule has 2 amide bonds. The molecular formula is C32H39F3N6O4. The summed E-state index contributed by atoms with van der Waals surface area (Å²) in [5.74, 6) is -0.588. The largest absolute Gasteiger partial charge is 0.486 e. The van der Waals surface area contributed by atoms with E-state index in [4.69, 9.17) is 9.47 Å². The number of allylic oxidation sites excluding steroid dienone is 4. The van der Waals surface area contributed by atoms with Crippen LogP contribution in [0.15, 0.2) is 54.3 Å². The van der Waals surface area contributed by atoms with Crippen molar-refractivity contribution in [2.45, 2.75) is 83.7 Å². The molecule has 1 fully saturated rings. The number of carbonyl (C=O) groups excluding carboxylic acids is 2. The van der Waals surface area contributed by atoms with Crippen molar-refractivity contribution in [1.29, 1.82) is 0 Å². The van der Waals surface area contributed by atoms with Crippen molar-refractivity contribution in [3.63, 3.8) is 0 Å². The molecule has 2 aliphatic heterocycles. The third-order valence-electron chi connectivity index (χ3n) is 8.27. The molecule has 0 saturated carbocycles. The molecule has 0 bridgehead atoms. The molecule has 1 N–H and O–H groups in total. The molecule has 0 radical (unpaired) electrons. The lowest BCUT2D eigenvalue weighted by atomic mass is 9.68. The number of likely N-dealkylation sites (tertiary alicyclic amines) is 1. The number of alkyl halides is 3. The zero-order valence-electron chi connectivity index (χ0n) is 26.0. The average Bonchev–Trinajstić information content (AvgIpc) is 3.45. The molecule has 13 heteroatoms. The summed E-state index contributed by atoms with van der Waals surface area (Å²) in [7, 11) is 0. The third-order valence-corrected chi connectivity index (χ3v) is 8.27. The summed E-state index contributed by atoms with van der Waals surface area (Å²) in [5.41, 5.74) is 1.55. The van der Waals surface area contributed by atoms with Crippen molar-refractivity contribution in [2.24, 2.45) is 5.41 Å². The lowest BCUT2D eigenvalue weighted by Crippen LogP contribution is -2.51. The van der Waals surface area contributed by atoms with Crippen LogP contribution in [0.5, 0.6) is 0 Å². The predicted octanol–water partition coefficient (Wildman–Crippen LogP) is 5.83. The van der Waals surface area contributed by atoms with Gasteiger partial charge in [0, 0.05) is 38.0 Å².